The normalized spacial score (nSPS) is 11.6. The molecule has 0 fully saturated rings. The smallest absolute Gasteiger partial charge is 0.262 e. The highest BCUT2D eigenvalue weighted by molar-refractivity contribution is 9.10. The van der Waals surface area contributed by atoms with Crippen LogP contribution in [0.1, 0.15) is 5.56 Å². The molecule has 0 bridgehead atoms. The number of benzene rings is 1. The van der Waals surface area contributed by atoms with Gasteiger partial charge in [0, 0.05) is 28.6 Å². The molecular formula is C16H12BrFN2O2S. The van der Waals surface area contributed by atoms with E-state index >= 15 is 0 Å². The molecule has 0 aliphatic carbocycles. The molecule has 0 N–H and O–H groups in total. The van der Waals surface area contributed by atoms with Crippen molar-refractivity contribution in [2.24, 2.45) is 0 Å². The number of hydrogen-bond donors (Lipinski definition) is 0. The van der Waals surface area contributed by atoms with Crippen molar-refractivity contribution in [2.45, 2.75) is 11.8 Å². The van der Waals surface area contributed by atoms with Gasteiger partial charge in [0.2, 0.25) is 0 Å². The number of halogens is 2. The molecular weight excluding hydrogens is 383 g/mol. The van der Waals surface area contributed by atoms with Gasteiger partial charge in [0.05, 0.1) is 5.69 Å². The minimum Gasteiger partial charge on any atom is -0.262 e. The Morgan fingerprint density at radius 3 is 2.61 bits per heavy atom. The van der Waals surface area contributed by atoms with Gasteiger partial charge in [-0.05, 0) is 52.7 Å². The Balaban J connectivity index is 2.24. The van der Waals surface area contributed by atoms with Crippen molar-refractivity contribution in [1.82, 2.24) is 8.96 Å². The van der Waals surface area contributed by atoms with Crippen LogP contribution in [0.4, 0.5) is 4.39 Å². The van der Waals surface area contributed by atoms with Crippen molar-refractivity contribution in [1.29, 1.82) is 0 Å². The second kappa shape index (κ2) is 5.90. The molecule has 0 atom stereocenters. The van der Waals surface area contributed by atoms with Crippen molar-refractivity contribution in [3.63, 3.8) is 0 Å². The van der Waals surface area contributed by atoms with Crippen LogP contribution in [-0.2, 0) is 10.0 Å². The molecule has 1 aromatic carbocycles. The van der Waals surface area contributed by atoms with E-state index in [4.69, 9.17) is 0 Å². The largest absolute Gasteiger partial charge is 0.269 e. The number of nitrogens with zero attached hydrogens (tertiary/aromatic N) is 2. The lowest BCUT2D eigenvalue weighted by molar-refractivity contribution is 0.587. The third kappa shape index (κ3) is 2.94. The molecule has 0 aliphatic heterocycles. The quantitative estimate of drug-likeness (QED) is 0.674. The zero-order valence-electron chi connectivity index (χ0n) is 12.1. The maximum Gasteiger partial charge on any atom is 0.269 e. The number of pyridine rings is 1. The zero-order chi connectivity index (χ0) is 16.6. The molecule has 2 aromatic heterocycles. The first-order chi connectivity index (χ1) is 10.9. The molecule has 0 saturated heterocycles. The van der Waals surface area contributed by atoms with Crippen LogP contribution >= 0.6 is 15.9 Å². The first-order valence-electron chi connectivity index (χ1n) is 6.69. The molecule has 2 heterocycles. The third-order valence-corrected chi connectivity index (χ3v) is 5.38. The Kier molecular flexibility index (Phi) is 4.08. The van der Waals surface area contributed by atoms with E-state index in [0.29, 0.717) is 4.47 Å². The summed E-state index contributed by atoms with van der Waals surface area (Å²) >= 11 is 3.21. The Bertz CT molecular complexity index is 983. The van der Waals surface area contributed by atoms with Crippen LogP contribution in [0, 0.1) is 12.7 Å². The number of hydrogen-bond acceptors (Lipinski definition) is 3. The maximum absolute atomic E-state index is 14.1. The highest BCUT2D eigenvalue weighted by Gasteiger charge is 2.23. The lowest BCUT2D eigenvalue weighted by Crippen LogP contribution is -2.13. The van der Waals surface area contributed by atoms with Crippen molar-refractivity contribution in [3.05, 3.63) is 70.8 Å². The summed E-state index contributed by atoms with van der Waals surface area (Å²) in [6, 6.07) is 9.18. The van der Waals surface area contributed by atoms with Gasteiger partial charge in [-0.1, -0.05) is 12.1 Å². The summed E-state index contributed by atoms with van der Waals surface area (Å²) in [6.07, 6.45) is 4.23. The van der Waals surface area contributed by atoms with E-state index in [2.05, 4.69) is 20.9 Å². The summed E-state index contributed by atoms with van der Waals surface area (Å²) < 4.78 is 41.5. The fourth-order valence-electron chi connectivity index (χ4n) is 2.28. The van der Waals surface area contributed by atoms with Gasteiger partial charge in [-0.25, -0.2) is 16.8 Å². The van der Waals surface area contributed by atoms with Gasteiger partial charge in [0.1, 0.15) is 10.7 Å². The maximum atomic E-state index is 14.1. The van der Waals surface area contributed by atoms with Crippen molar-refractivity contribution in [3.8, 4) is 11.3 Å². The van der Waals surface area contributed by atoms with Gasteiger partial charge < -0.3 is 0 Å². The van der Waals surface area contributed by atoms with Crippen LogP contribution in [-0.4, -0.2) is 17.4 Å². The summed E-state index contributed by atoms with van der Waals surface area (Å²) in [5.41, 5.74) is 1.22. The minimum absolute atomic E-state index is 0.0278. The van der Waals surface area contributed by atoms with Crippen LogP contribution in [0.15, 0.2) is 64.4 Å². The summed E-state index contributed by atoms with van der Waals surface area (Å²) in [5, 5.41) is 0. The first-order valence-corrected chi connectivity index (χ1v) is 8.93. The second-order valence-corrected chi connectivity index (χ2v) is 7.75. The van der Waals surface area contributed by atoms with Gasteiger partial charge in [0.15, 0.2) is 0 Å². The number of aryl methyl sites for hydroxylation is 1. The predicted octanol–water partition coefficient (Wildman–Crippen LogP) is 4.00. The van der Waals surface area contributed by atoms with Crippen LogP contribution in [0.3, 0.4) is 0 Å². The molecule has 3 aromatic rings. The van der Waals surface area contributed by atoms with Gasteiger partial charge in [-0.2, -0.15) is 0 Å². The Labute approximate surface area is 141 Å². The Morgan fingerprint density at radius 1 is 1.17 bits per heavy atom. The Morgan fingerprint density at radius 2 is 1.91 bits per heavy atom. The monoisotopic (exact) mass is 394 g/mol. The topological polar surface area (TPSA) is 52.0 Å². The van der Waals surface area contributed by atoms with Crippen LogP contribution < -0.4 is 0 Å². The predicted molar refractivity (Wildman–Crippen MR) is 89.1 cm³/mol. The van der Waals surface area contributed by atoms with Crippen LogP contribution in [0.25, 0.3) is 11.3 Å². The lowest BCUT2D eigenvalue weighted by Gasteiger charge is -2.11. The SMILES string of the molecule is Cc1cc(-c2ccccc2F)n(S(=O)(=O)c2cncc(Br)c2)c1. The number of rotatable bonds is 3. The third-order valence-electron chi connectivity index (χ3n) is 3.31. The fourth-order valence-corrected chi connectivity index (χ4v) is 4.21. The summed E-state index contributed by atoms with van der Waals surface area (Å²) in [7, 11) is -3.88. The van der Waals surface area contributed by atoms with Gasteiger partial charge in [0.25, 0.3) is 10.0 Å². The highest BCUT2D eigenvalue weighted by atomic mass is 79.9. The van der Waals surface area contributed by atoms with Gasteiger partial charge in [-0.3, -0.25) is 4.98 Å². The van der Waals surface area contributed by atoms with E-state index in [-0.39, 0.29) is 16.2 Å². The molecule has 3 rings (SSSR count). The summed E-state index contributed by atoms with van der Waals surface area (Å²) in [6.45, 7) is 1.76. The summed E-state index contributed by atoms with van der Waals surface area (Å²) in [4.78, 5) is 3.92. The average Bonchev–Trinajstić information content (AvgIpc) is 2.90. The average molecular weight is 395 g/mol. The van der Waals surface area contributed by atoms with Crippen LogP contribution in [0.2, 0.25) is 0 Å². The molecule has 0 amide bonds. The van der Waals surface area contributed by atoms with Crippen molar-refractivity contribution in [2.75, 3.05) is 0 Å². The Hall–Kier alpha value is -1.99. The molecule has 0 spiro atoms. The van der Waals surface area contributed by atoms with E-state index in [9.17, 15) is 12.8 Å². The lowest BCUT2D eigenvalue weighted by atomic mass is 10.1. The molecule has 118 valence electrons. The molecule has 4 nitrogen and oxygen atoms in total. The van der Waals surface area contributed by atoms with Crippen molar-refractivity contribution < 1.29 is 12.8 Å². The minimum atomic E-state index is -3.88. The van der Waals surface area contributed by atoms with E-state index < -0.39 is 15.8 Å². The van der Waals surface area contributed by atoms with E-state index in [1.807, 2.05) is 0 Å². The molecule has 0 saturated carbocycles. The van der Waals surface area contributed by atoms with Gasteiger partial charge >= 0.3 is 0 Å². The molecule has 0 aliphatic rings. The molecule has 23 heavy (non-hydrogen) atoms. The zero-order valence-corrected chi connectivity index (χ0v) is 14.5. The summed E-state index contributed by atoms with van der Waals surface area (Å²) in [5.74, 6) is -0.477. The van der Waals surface area contributed by atoms with E-state index in [1.54, 1.807) is 31.2 Å². The van der Waals surface area contributed by atoms with E-state index in [1.165, 1.54) is 30.7 Å². The van der Waals surface area contributed by atoms with Gasteiger partial charge in [-0.15, -0.1) is 0 Å². The molecule has 0 radical (unpaired) electrons. The fraction of sp³-hybridized carbons (Fsp3) is 0.0625. The van der Waals surface area contributed by atoms with E-state index in [0.717, 1.165) is 9.54 Å². The molecule has 7 heteroatoms. The van der Waals surface area contributed by atoms with Crippen molar-refractivity contribution >= 4 is 26.0 Å². The first kappa shape index (κ1) is 15.9. The van der Waals surface area contributed by atoms with Crippen LogP contribution in [0.5, 0.6) is 0 Å². The molecule has 0 unspecified atom stereocenters. The highest BCUT2D eigenvalue weighted by Crippen LogP contribution is 2.29. The standard InChI is InChI=1S/C16H12BrFN2O2S/c1-11-6-16(14-4-2-3-5-15(14)18)20(10-11)23(21,22)13-7-12(17)8-19-9-13/h2-10H,1H3. The second-order valence-electron chi connectivity index (χ2n) is 5.02. The number of aromatic nitrogens is 2.